The minimum absolute atomic E-state index is 0.285. The predicted octanol–water partition coefficient (Wildman–Crippen LogP) is 3.09. The lowest BCUT2D eigenvalue weighted by Gasteiger charge is -2.16. The second-order valence-electron chi connectivity index (χ2n) is 4.51. The Morgan fingerprint density at radius 2 is 1.93 bits per heavy atom. The number of benzene rings is 1. The van der Waals surface area contributed by atoms with Gasteiger partial charge in [-0.05, 0) is 55.7 Å². The predicted molar refractivity (Wildman–Crippen MR) is 62.1 cm³/mol. The van der Waals surface area contributed by atoms with Crippen molar-refractivity contribution >= 4 is 5.78 Å². The quantitative estimate of drug-likeness (QED) is 0.736. The third kappa shape index (κ3) is 2.68. The Bertz CT molecular complexity index is 366. The lowest BCUT2D eigenvalue weighted by atomic mass is 9.89. The largest absolute Gasteiger partial charge is 0.300 e. The fraction of sp³-hybridized carbons (Fsp3) is 0.500. The van der Waals surface area contributed by atoms with Crippen molar-refractivity contribution in [3.05, 3.63) is 34.9 Å². The highest BCUT2D eigenvalue weighted by atomic mass is 16.1. The molecule has 0 aromatic heterocycles. The summed E-state index contributed by atoms with van der Waals surface area (Å²) in [7, 11) is 0. The molecule has 0 aliphatic heterocycles. The van der Waals surface area contributed by atoms with E-state index in [0.717, 1.165) is 6.42 Å². The minimum Gasteiger partial charge on any atom is -0.300 e. The third-order valence-corrected chi connectivity index (χ3v) is 3.18. The zero-order valence-corrected chi connectivity index (χ0v) is 9.38. The molecule has 0 bridgehead atoms. The van der Waals surface area contributed by atoms with E-state index >= 15 is 0 Å². The first-order chi connectivity index (χ1) is 7.25. The summed E-state index contributed by atoms with van der Waals surface area (Å²) in [4.78, 5) is 10.9. The van der Waals surface area contributed by atoms with Crippen LogP contribution in [0.15, 0.2) is 18.2 Å². The van der Waals surface area contributed by atoms with Crippen molar-refractivity contribution in [1.29, 1.82) is 0 Å². The van der Waals surface area contributed by atoms with Gasteiger partial charge in [-0.1, -0.05) is 18.2 Å². The highest BCUT2D eigenvalue weighted by Gasteiger charge is 2.09. The summed E-state index contributed by atoms with van der Waals surface area (Å²) in [6, 6.07) is 6.74. The van der Waals surface area contributed by atoms with Crippen LogP contribution in [0.5, 0.6) is 0 Å². The molecule has 15 heavy (non-hydrogen) atoms. The molecule has 1 aromatic carbocycles. The van der Waals surface area contributed by atoms with E-state index in [9.17, 15) is 4.79 Å². The molecule has 1 nitrogen and oxygen atoms in total. The Labute approximate surface area is 91.5 Å². The number of hydrogen-bond donors (Lipinski definition) is 0. The normalized spacial score (nSPS) is 14.7. The number of rotatable bonds is 3. The van der Waals surface area contributed by atoms with Gasteiger partial charge >= 0.3 is 0 Å². The topological polar surface area (TPSA) is 17.1 Å². The van der Waals surface area contributed by atoms with Gasteiger partial charge in [0.05, 0.1) is 0 Å². The number of carbonyl (C=O) groups is 1. The molecule has 1 aliphatic rings. The SMILES string of the molecule is CC(=O)CCc1ccc2c(c1)CCCC2. The number of ketones is 1. The van der Waals surface area contributed by atoms with Crippen LogP contribution in [0.3, 0.4) is 0 Å². The summed E-state index contributed by atoms with van der Waals surface area (Å²) in [6.45, 7) is 1.67. The van der Waals surface area contributed by atoms with Gasteiger partial charge in [0.1, 0.15) is 5.78 Å². The minimum atomic E-state index is 0.285. The zero-order chi connectivity index (χ0) is 10.7. The number of fused-ring (bicyclic) bond motifs is 1. The molecule has 0 saturated carbocycles. The molecule has 0 spiro atoms. The van der Waals surface area contributed by atoms with E-state index in [0.29, 0.717) is 6.42 Å². The number of carbonyl (C=O) groups excluding carboxylic acids is 1. The number of Topliss-reactive ketones (excluding diaryl/α,β-unsaturated/α-hetero) is 1. The molecule has 1 heteroatoms. The smallest absolute Gasteiger partial charge is 0.130 e. The van der Waals surface area contributed by atoms with Crippen LogP contribution in [0.2, 0.25) is 0 Å². The first kappa shape index (κ1) is 10.4. The Kier molecular flexibility index (Phi) is 3.20. The van der Waals surface area contributed by atoms with Gasteiger partial charge in [-0.25, -0.2) is 0 Å². The third-order valence-electron chi connectivity index (χ3n) is 3.18. The first-order valence-electron chi connectivity index (χ1n) is 5.86. The maximum absolute atomic E-state index is 10.9. The Hall–Kier alpha value is -1.11. The summed E-state index contributed by atoms with van der Waals surface area (Å²) < 4.78 is 0. The maximum atomic E-state index is 10.9. The van der Waals surface area contributed by atoms with Crippen LogP contribution in [0.25, 0.3) is 0 Å². The van der Waals surface area contributed by atoms with Gasteiger partial charge in [-0.2, -0.15) is 0 Å². The van der Waals surface area contributed by atoms with Gasteiger partial charge in [-0.15, -0.1) is 0 Å². The summed E-state index contributed by atoms with van der Waals surface area (Å²) >= 11 is 0. The lowest BCUT2D eigenvalue weighted by Crippen LogP contribution is -2.03. The second-order valence-corrected chi connectivity index (χ2v) is 4.51. The van der Waals surface area contributed by atoms with E-state index in [4.69, 9.17) is 0 Å². The highest BCUT2D eigenvalue weighted by Crippen LogP contribution is 2.22. The van der Waals surface area contributed by atoms with E-state index in [2.05, 4.69) is 18.2 Å². The second kappa shape index (κ2) is 4.61. The summed E-state index contributed by atoms with van der Waals surface area (Å²) in [6.07, 6.45) is 6.70. The van der Waals surface area contributed by atoms with E-state index in [1.54, 1.807) is 6.92 Å². The number of aryl methyl sites for hydroxylation is 3. The molecule has 1 aromatic rings. The van der Waals surface area contributed by atoms with Gasteiger partial charge in [0.25, 0.3) is 0 Å². The monoisotopic (exact) mass is 202 g/mol. The Balaban J connectivity index is 2.10. The average Bonchev–Trinajstić information content (AvgIpc) is 2.26. The molecular weight excluding hydrogens is 184 g/mol. The molecule has 2 rings (SSSR count). The van der Waals surface area contributed by atoms with Crippen LogP contribution in [0, 0.1) is 0 Å². The molecular formula is C14H18O. The van der Waals surface area contributed by atoms with Crippen molar-refractivity contribution in [1.82, 2.24) is 0 Å². The van der Waals surface area contributed by atoms with Crippen LogP contribution >= 0.6 is 0 Å². The van der Waals surface area contributed by atoms with Crippen molar-refractivity contribution in [3.8, 4) is 0 Å². The fourth-order valence-electron chi connectivity index (χ4n) is 2.26. The van der Waals surface area contributed by atoms with Crippen molar-refractivity contribution in [2.45, 2.75) is 45.4 Å². The van der Waals surface area contributed by atoms with Crippen molar-refractivity contribution < 1.29 is 4.79 Å². The van der Waals surface area contributed by atoms with Crippen molar-refractivity contribution in [2.24, 2.45) is 0 Å². The number of hydrogen-bond acceptors (Lipinski definition) is 1. The fourth-order valence-corrected chi connectivity index (χ4v) is 2.26. The summed E-state index contributed by atoms with van der Waals surface area (Å²) in [5.41, 5.74) is 4.36. The van der Waals surface area contributed by atoms with E-state index in [-0.39, 0.29) is 5.78 Å². The van der Waals surface area contributed by atoms with Gasteiger partial charge in [0.2, 0.25) is 0 Å². The standard InChI is InChI=1S/C14H18O/c1-11(15)6-7-12-8-9-13-4-2-3-5-14(13)10-12/h8-10H,2-7H2,1H3. The van der Waals surface area contributed by atoms with Crippen LogP contribution < -0.4 is 0 Å². The molecule has 1 aliphatic carbocycles. The van der Waals surface area contributed by atoms with Crippen LogP contribution in [0.4, 0.5) is 0 Å². The van der Waals surface area contributed by atoms with Crippen LogP contribution in [0.1, 0.15) is 42.9 Å². The van der Waals surface area contributed by atoms with E-state index in [1.165, 1.54) is 42.4 Å². The average molecular weight is 202 g/mol. The van der Waals surface area contributed by atoms with E-state index < -0.39 is 0 Å². The maximum Gasteiger partial charge on any atom is 0.130 e. The molecule has 0 saturated heterocycles. The summed E-state index contributed by atoms with van der Waals surface area (Å²) in [5.74, 6) is 0.285. The molecule has 0 fully saturated rings. The van der Waals surface area contributed by atoms with E-state index in [1.807, 2.05) is 0 Å². The molecule has 0 N–H and O–H groups in total. The first-order valence-corrected chi connectivity index (χ1v) is 5.86. The molecule has 0 unspecified atom stereocenters. The molecule has 80 valence electrons. The van der Waals surface area contributed by atoms with Gasteiger partial charge in [0.15, 0.2) is 0 Å². The molecule has 0 radical (unpaired) electrons. The summed E-state index contributed by atoms with van der Waals surface area (Å²) in [5, 5.41) is 0. The van der Waals surface area contributed by atoms with Crippen molar-refractivity contribution in [2.75, 3.05) is 0 Å². The van der Waals surface area contributed by atoms with Crippen LogP contribution in [-0.4, -0.2) is 5.78 Å². The zero-order valence-electron chi connectivity index (χ0n) is 9.38. The van der Waals surface area contributed by atoms with Crippen molar-refractivity contribution in [3.63, 3.8) is 0 Å². The van der Waals surface area contributed by atoms with Gasteiger partial charge < -0.3 is 4.79 Å². The molecule has 0 amide bonds. The van der Waals surface area contributed by atoms with Gasteiger partial charge in [-0.3, -0.25) is 0 Å². The van der Waals surface area contributed by atoms with Gasteiger partial charge in [0, 0.05) is 6.42 Å². The Morgan fingerprint density at radius 3 is 2.67 bits per heavy atom. The Morgan fingerprint density at radius 1 is 1.20 bits per heavy atom. The highest BCUT2D eigenvalue weighted by molar-refractivity contribution is 5.75. The lowest BCUT2D eigenvalue weighted by molar-refractivity contribution is -0.116. The molecule has 0 heterocycles. The van der Waals surface area contributed by atoms with Crippen LogP contribution in [-0.2, 0) is 24.1 Å². The molecule has 0 atom stereocenters.